The van der Waals surface area contributed by atoms with E-state index in [0.29, 0.717) is 13.1 Å². The van der Waals surface area contributed by atoms with E-state index < -0.39 is 30.4 Å². The summed E-state index contributed by atoms with van der Waals surface area (Å²) in [6, 6.07) is -2.12. The van der Waals surface area contributed by atoms with Crippen molar-refractivity contribution < 1.29 is 24.6 Å². The van der Waals surface area contributed by atoms with Crippen molar-refractivity contribution in [1.82, 2.24) is 15.5 Å². The number of likely N-dealkylation sites (N-methyl/N-ethyl adjacent to an activating group) is 1. The number of carbonyl (C=O) groups excluding carboxylic acids is 1. The molecule has 4 N–H and O–H groups in total. The first-order valence-corrected chi connectivity index (χ1v) is 4.96. The Bertz CT molecular complexity index is 292. The minimum Gasteiger partial charge on any atom is -0.481 e. The van der Waals surface area contributed by atoms with Crippen LogP contribution in [0.4, 0.5) is 4.79 Å². The van der Waals surface area contributed by atoms with Gasteiger partial charge in [0, 0.05) is 13.1 Å². The van der Waals surface area contributed by atoms with Crippen molar-refractivity contribution in [2.24, 2.45) is 0 Å². The number of aliphatic carboxylic acids is 2. The number of nitrogens with one attached hydrogen (secondary N) is 2. The lowest BCUT2D eigenvalue weighted by molar-refractivity contribution is -0.145. The molecule has 0 bridgehead atoms. The normalized spacial score (nSPS) is 11.9. The highest BCUT2D eigenvalue weighted by Gasteiger charge is 2.22. The fourth-order valence-electron chi connectivity index (χ4n) is 0.977. The van der Waals surface area contributed by atoms with E-state index in [1.807, 2.05) is 19.0 Å². The number of amides is 2. The summed E-state index contributed by atoms with van der Waals surface area (Å²) in [6.45, 7) is 0.947. The molecule has 0 saturated carbocycles. The van der Waals surface area contributed by atoms with Gasteiger partial charge in [-0.3, -0.25) is 4.79 Å². The molecule has 0 radical (unpaired) electrons. The van der Waals surface area contributed by atoms with Crippen LogP contribution in [0, 0.1) is 0 Å². The van der Waals surface area contributed by atoms with Gasteiger partial charge in [0.15, 0.2) is 0 Å². The second-order valence-corrected chi connectivity index (χ2v) is 3.69. The Hall–Kier alpha value is -1.83. The third-order valence-electron chi connectivity index (χ3n) is 1.83. The largest absolute Gasteiger partial charge is 0.481 e. The second-order valence-electron chi connectivity index (χ2n) is 3.69. The molecule has 0 rings (SSSR count). The molecule has 8 nitrogen and oxygen atoms in total. The van der Waals surface area contributed by atoms with Crippen LogP contribution in [0.15, 0.2) is 0 Å². The van der Waals surface area contributed by atoms with Crippen LogP contribution in [0.5, 0.6) is 0 Å². The van der Waals surface area contributed by atoms with Crippen molar-refractivity contribution in [2.45, 2.75) is 12.5 Å². The maximum absolute atomic E-state index is 11.2. The molecule has 1 atom stereocenters. The van der Waals surface area contributed by atoms with Gasteiger partial charge in [0.25, 0.3) is 0 Å². The zero-order chi connectivity index (χ0) is 13.4. The van der Waals surface area contributed by atoms with Crippen molar-refractivity contribution >= 4 is 18.0 Å². The summed E-state index contributed by atoms with van der Waals surface area (Å²) in [7, 11) is 3.65. The predicted octanol–water partition coefficient (Wildman–Crippen LogP) is -1.22. The third kappa shape index (κ3) is 8.03. The van der Waals surface area contributed by atoms with Gasteiger partial charge in [-0.25, -0.2) is 9.59 Å². The Kier molecular flexibility index (Phi) is 6.64. The van der Waals surface area contributed by atoms with Gasteiger partial charge in [0.1, 0.15) is 6.04 Å². The number of carboxylic acids is 2. The van der Waals surface area contributed by atoms with E-state index in [0.717, 1.165) is 0 Å². The minimum absolute atomic E-state index is 0.345. The highest BCUT2D eigenvalue weighted by molar-refractivity contribution is 5.86. The number of rotatable bonds is 7. The predicted molar refractivity (Wildman–Crippen MR) is 58.8 cm³/mol. The third-order valence-corrected chi connectivity index (χ3v) is 1.83. The van der Waals surface area contributed by atoms with Gasteiger partial charge in [-0.2, -0.15) is 0 Å². The molecular weight excluding hydrogens is 230 g/mol. The van der Waals surface area contributed by atoms with Gasteiger partial charge in [0.2, 0.25) is 0 Å². The van der Waals surface area contributed by atoms with Crippen LogP contribution in [0.1, 0.15) is 6.42 Å². The zero-order valence-electron chi connectivity index (χ0n) is 9.77. The van der Waals surface area contributed by atoms with Crippen LogP contribution in [0.25, 0.3) is 0 Å². The minimum atomic E-state index is -1.42. The first-order valence-electron chi connectivity index (χ1n) is 4.96. The highest BCUT2D eigenvalue weighted by atomic mass is 16.4. The van der Waals surface area contributed by atoms with Crippen molar-refractivity contribution in [3.8, 4) is 0 Å². The first kappa shape index (κ1) is 15.2. The molecule has 0 aromatic carbocycles. The van der Waals surface area contributed by atoms with Crippen LogP contribution in [0.3, 0.4) is 0 Å². The standard InChI is InChI=1S/C9H17N3O5/c1-12(2)4-3-10-9(17)11-6(8(15)16)5-7(13)14/h6H,3-5H2,1-2H3,(H,13,14)(H,15,16)(H2,10,11,17)/t6-/m1/s1. The maximum atomic E-state index is 11.2. The summed E-state index contributed by atoms with van der Waals surface area (Å²) in [5.41, 5.74) is 0. The highest BCUT2D eigenvalue weighted by Crippen LogP contribution is 1.92. The zero-order valence-corrected chi connectivity index (χ0v) is 9.77. The maximum Gasteiger partial charge on any atom is 0.326 e. The number of carbonyl (C=O) groups is 3. The topological polar surface area (TPSA) is 119 Å². The fourth-order valence-corrected chi connectivity index (χ4v) is 0.977. The molecule has 2 amide bonds. The van der Waals surface area contributed by atoms with Gasteiger partial charge in [-0.05, 0) is 14.1 Å². The van der Waals surface area contributed by atoms with E-state index >= 15 is 0 Å². The molecule has 0 aliphatic carbocycles. The SMILES string of the molecule is CN(C)CCNC(=O)N[C@H](CC(=O)O)C(=O)O. The van der Waals surface area contributed by atoms with Crippen LogP contribution >= 0.6 is 0 Å². The van der Waals surface area contributed by atoms with Crippen molar-refractivity contribution in [3.63, 3.8) is 0 Å². The molecule has 0 aliphatic rings. The van der Waals surface area contributed by atoms with Crippen LogP contribution < -0.4 is 10.6 Å². The molecule has 0 saturated heterocycles. The smallest absolute Gasteiger partial charge is 0.326 e. The van der Waals surface area contributed by atoms with E-state index in [9.17, 15) is 14.4 Å². The van der Waals surface area contributed by atoms with Crippen molar-refractivity contribution in [1.29, 1.82) is 0 Å². The summed E-state index contributed by atoms with van der Waals surface area (Å²) in [6.07, 6.45) is -0.656. The van der Waals surface area contributed by atoms with Gasteiger partial charge in [-0.1, -0.05) is 0 Å². The Morgan fingerprint density at radius 1 is 1.24 bits per heavy atom. The van der Waals surface area contributed by atoms with Crippen molar-refractivity contribution in [2.75, 3.05) is 27.2 Å². The monoisotopic (exact) mass is 247 g/mol. The average Bonchev–Trinajstić information content (AvgIpc) is 2.15. The molecule has 0 aliphatic heterocycles. The quantitative estimate of drug-likeness (QED) is 0.447. The summed E-state index contributed by atoms with van der Waals surface area (Å²) in [5, 5.41) is 21.6. The van der Waals surface area contributed by atoms with Gasteiger partial charge in [0.05, 0.1) is 6.42 Å². The fraction of sp³-hybridized carbons (Fsp3) is 0.667. The number of urea groups is 1. The van der Waals surface area contributed by atoms with Gasteiger partial charge >= 0.3 is 18.0 Å². The molecule has 0 aromatic heterocycles. The average molecular weight is 247 g/mol. The molecule has 8 heteroatoms. The van der Waals surface area contributed by atoms with E-state index in [4.69, 9.17) is 10.2 Å². The van der Waals surface area contributed by atoms with Crippen LogP contribution in [-0.4, -0.2) is 66.3 Å². The Balaban J connectivity index is 4.04. The van der Waals surface area contributed by atoms with E-state index in [-0.39, 0.29) is 0 Å². The number of hydrogen-bond acceptors (Lipinski definition) is 4. The Morgan fingerprint density at radius 2 is 1.82 bits per heavy atom. The first-order chi connectivity index (χ1) is 7.82. The van der Waals surface area contributed by atoms with Crippen LogP contribution in [0.2, 0.25) is 0 Å². The summed E-state index contributed by atoms with van der Waals surface area (Å²) in [5.74, 6) is -2.67. The molecule has 98 valence electrons. The van der Waals surface area contributed by atoms with Gasteiger partial charge in [-0.15, -0.1) is 0 Å². The second kappa shape index (κ2) is 7.44. The summed E-state index contributed by atoms with van der Waals surface area (Å²) >= 11 is 0. The summed E-state index contributed by atoms with van der Waals surface area (Å²) < 4.78 is 0. The number of hydrogen-bond donors (Lipinski definition) is 4. The Morgan fingerprint density at radius 3 is 2.24 bits per heavy atom. The molecule has 0 unspecified atom stereocenters. The molecular formula is C9H17N3O5. The molecule has 0 heterocycles. The lowest BCUT2D eigenvalue weighted by Crippen LogP contribution is -2.48. The van der Waals surface area contributed by atoms with E-state index in [1.165, 1.54) is 0 Å². The molecule has 0 spiro atoms. The summed E-state index contributed by atoms with van der Waals surface area (Å²) in [4.78, 5) is 34.1. The Labute approximate surface area is 98.6 Å². The number of carboxylic acid groups (broad SMARTS) is 2. The molecule has 0 fully saturated rings. The van der Waals surface area contributed by atoms with Gasteiger partial charge < -0.3 is 25.7 Å². The van der Waals surface area contributed by atoms with Crippen molar-refractivity contribution in [3.05, 3.63) is 0 Å². The number of nitrogens with zero attached hydrogens (tertiary/aromatic N) is 1. The molecule has 0 aromatic rings. The van der Waals surface area contributed by atoms with E-state index in [2.05, 4.69) is 10.6 Å². The lowest BCUT2D eigenvalue weighted by atomic mass is 10.2. The lowest BCUT2D eigenvalue weighted by Gasteiger charge is -2.14. The van der Waals surface area contributed by atoms with E-state index in [1.54, 1.807) is 0 Å². The van der Waals surface area contributed by atoms with Crippen LogP contribution in [-0.2, 0) is 9.59 Å². The molecule has 17 heavy (non-hydrogen) atoms.